The second-order valence-electron chi connectivity index (χ2n) is 7.03. The van der Waals surface area contributed by atoms with Crippen LogP contribution in [-0.2, 0) is 17.8 Å². The third-order valence-electron chi connectivity index (χ3n) is 4.94. The maximum atomic E-state index is 12.1. The van der Waals surface area contributed by atoms with Gasteiger partial charge in [0.2, 0.25) is 0 Å². The largest absolute Gasteiger partial charge is 0.379 e. The van der Waals surface area contributed by atoms with Crippen molar-refractivity contribution in [3.63, 3.8) is 0 Å². The van der Waals surface area contributed by atoms with Crippen molar-refractivity contribution < 1.29 is 9.53 Å². The standard InChI is InChI=1S/C21H30N6O2S.HI/c1-16-19(30-15-26-16)20(28)23-7-8-24-21(22-2)25-13-17-5-3-4-6-18(17)14-27-9-11-29-12-10-27;/h3-6,15H,7-14H2,1-2H3,(H,23,28)(H2,22,24,25);1H. The Morgan fingerprint density at radius 2 is 1.87 bits per heavy atom. The van der Waals surface area contributed by atoms with Crippen LogP contribution in [0.1, 0.15) is 26.5 Å². The summed E-state index contributed by atoms with van der Waals surface area (Å²) < 4.78 is 5.44. The quantitative estimate of drug-likeness (QED) is 0.199. The number of aryl methyl sites for hydroxylation is 1. The monoisotopic (exact) mass is 558 g/mol. The molecule has 10 heteroatoms. The first-order valence-electron chi connectivity index (χ1n) is 10.2. The van der Waals surface area contributed by atoms with Crippen LogP contribution in [0.25, 0.3) is 0 Å². The van der Waals surface area contributed by atoms with E-state index in [1.807, 2.05) is 6.92 Å². The first-order valence-corrected chi connectivity index (χ1v) is 11.0. The van der Waals surface area contributed by atoms with Crippen molar-refractivity contribution in [3.8, 4) is 0 Å². The van der Waals surface area contributed by atoms with Gasteiger partial charge in [0, 0.05) is 46.3 Å². The zero-order chi connectivity index (χ0) is 21.2. The van der Waals surface area contributed by atoms with Gasteiger partial charge in [-0.1, -0.05) is 24.3 Å². The zero-order valence-corrected chi connectivity index (χ0v) is 21.2. The molecule has 3 N–H and O–H groups in total. The van der Waals surface area contributed by atoms with Crippen molar-refractivity contribution in [3.05, 3.63) is 51.5 Å². The van der Waals surface area contributed by atoms with Gasteiger partial charge in [-0.05, 0) is 18.1 Å². The molecule has 1 aliphatic rings. The molecule has 2 aromatic rings. The minimum atomic E-state index is -0.0863. The molecule has 170 valence electrons. The van der Waals surface area contributed by atoms with Gasteiger partial charge in [0.05, 0.1) is 24.4 Å². The van der Waals surface area contributed by atoms with Gasteiger partial charge in [0.15, 0.2) is 5.96 Å². The molecule has 3 rings (SSSR count). The molecule has 2 heterocycles. The number of rotatable bonds is 8. The number of aromatic nitrogens is 1. The number of hydrogen-bond acceptors (Lipinski definition) is 6. The number of morpholine rings is 1. The summed E-state index contributed by atoms with van der Waals surface area (Å²) in [4.78, 5) is 23.6. The lowest BCUT2D eigenvalue weighted by molar-refractivity contribution is 0.0341. The molecule has 0 radical (unpaired) electrons. The minimum absolute atomic E-state index is 0. The normalized spacial score (nSPS) is 14.6. The molecule has 1 aliphatic heterocycles. The van der Waals surface area contributed by atoms with E-state index in [4.69, 9.17) is 4.74 Å². The van der Waals surface area contributed by atoms with Gasteiger partial charge >= 0.3 is 0 Å². The van der Waals surface area contributed by atoms with Crippen molar-refractivity contribution in [1.29, 1.82) is 0 Å². The highest BCUT2D eigenvalue weighted by molar-refractivity contribution is 14.0. The SMILES string of the molecule is CN=C(NCCNC(=O)c1scnc1C)NCc1ccccc1CN1CCOCC1.I. The number of halogens is 1. The lowest BCUT2D eigenvalue weighted by Crippen LogP contribution is -2.41. The predicted octanol–water partition coefficient (Wildman–Crippen LogP) is 2.00. The van der Waals surface area contributed by atoms with E-state index < -0.39 is 0 Å². The average Bonchev–Trinajstić information content (AvgIpc) is 3.21. The van der Waals surface area contributed by atoms with Gasteiger partial charge in [-0.25, -0.2) is 4.98 Å². The lowest BCUT2D eigenvalue weighted by Gasteiger charge is -2.27. The Morgan fingerprint density at radius 1 is 1.16 bits per heavy atom. The van der Waals surface area contributed by atoms with Crippen LogP contribution in [0.5, 0.6) is 0 Å². The second-order valence-corrected chi connectivity index (χ2v) is 7.89. The number of carbonyl (C=O) groups is 1. The summed E-state index contributed by atoms with van der Waals surface area (Å²) in [5.74, 6) is 0.621. The second kappa shape index (κ2) is 13.6. The highest BCUT2D eigenvalue weighted by atomic mass is 127. The molecule has 1 fully saturated rings. The summed E-state index contributed by atoms with van der Waals surface area (Å²) in [6.07, 6.45) is 0. The Balaban J connectivity index is 0.00000341. The summed E-state index contributed by atoms with van der Waals surface area (Å²) in [6, 6.07) is 8.47. The van der Waals surface area contributed by atoms with E-state index in [0.717, 1.165) is 38.5 Å². The number of amides is 1. The Morgan fingerprint density at radius 3 is 2.55 bits per heavy atom. The summed E-state index contributed by atoms with van der Waals surface area (Å²) in [5, 5.41) is 9.51. The van der Waals surface area contributed by atoms with Crippen LogP contribution in [0.4, 0.5) is 0 Å². The van der Waals surface area contributed by atoms with Crippen LogP contribution < -0.4 is 16.0 Å². The first kappa shape index (κ1) is 25.5. The number of ether oxygens (including phenoxy) is 1. The maximum Gasteiger partial charge on any atom is 0.263 e. The van der Waals surface area contributed by atoms with E-state index in [9.17, 15) is 4.79 Å². The van der Waals surface area contributed by atoms with Crippen LogP contribution in [0.15, 0.2) is 34.8 Å². The molecule has 0 atom stereocenters. The highest BCUT2D eigenvalue weighted by Gasteiger charge is 2.13. The minimum Gasteiger partial charge on any atom is -0.379 e. The highest BCUT2D eigenvalue weighted by Crippen LogP contribution is 2.13. The maximum absolute atomic E-state index is 12.1. The predicted molar refractivity (Wildman–Crippen MR) is 135 cm³/mol. The van der Waals surface area contributed by atoms with Crippen molar-refractivity contribution >= 4 is 47.2 Å². The molecule has 8 nitrogen and oxygen atoms in total. The molecule has 0 saturated carbocycles. The number of hydrogen-bond donors (Lipinski definition) is 3. The van der Waals surface area contributed by atoms with Gasteiger partial charge in [-0.15, -0.1) is 35.3 Å². The Hall–Kier alpha value is -1.76. The number of guanidine groups is 1. The van der Waals surface area contributed by atoms with E-state index >= 15 is 0 Å². The van der Waals surface area contributed by atoms with Crippen LogP contribution in [0, 0.1) is 6.92 Å². The van der Waals surface area contributed by atoms with Gasteiger partial charge < -0.3 is 20.7 Å². The topological polar surface area (TPSA) is 90.9 Å². The van der Waals surface area contributed by atoms with Gasteiger partial charge in [-0.2, -0.15) is 0 Å². The summed E-state index contributed by atoms with van der Waals surface area (Å²) in [6.45, 7) is 8.08. The number of thiazole rings is 1. The van der Waals surface area contributed by atoms with E-state index in [2.05, 4.69) is 55.1 Å². The Labute approximate surface area is 204 Å². The Bertz CT molecular complexity index is 854. The number of nitrogens with zero attached hydrogens (tertiary/aromatic N) is 3. The third-order valence-corrected chi connectivity index (χ3v) is 5.87. The molecule has 0 aliphatic carbocycles. The van der Waals surface area contributed by atoms with Crippen LogP contribution in [0.2, 0.25) is 0 Å². The van der Waals surface area contributed by atoms with Crippen LogP contribution >= 0.6 is 35.3 Å². The molecule has 1 saturated heterocycles. The molecule has 1 aromatic carbocycles. The third kappa shape index (κ3) is 8.02. The van der Waals surface area contributed by atoms with Crippen molar-refractivity contribution in [2.24, 2.45) is 4.99 Å². The molecule has 1 aromatic heterocycles. The number of carbonyl (C=O) groups excluding carboxylic acids is 1. The number of nitrogens with one attached hydrogen (secondary N) is 3. The van der Waals surface area contributed by atoms with Gasteiger partial charge in [-0.3, -0.25) is 14.7 Å². The number of aliphatic imine (C=N–C) groups is 1. The van der Waals surface area contributed by atoms with E-state index in [1.54, 1.807) is 12.6 Å². The molecule has 31 heavy (non-hydrogen) atoms. The van der Waals surface area contributed by atoms with Gasteiger partial charge in [0.1, 0.15) is 4.88 Å². The zero-order valence-electron chi connectivity index (χ0n) is 18.0. The number of benzene rings is 1. The fourth-order valence-corrected chi connectivity index (χ4v) is 3.96. The Kier molecular flexibility index (Phi) is 11.2. The summed E-state index contributed by atoms with van der Waals surface area (Å²) >= 11 is 1.36. The van der Waals surface area contributed by atoms with Crippen LogP contribution in [0.3, 0.4) is 0 Å². The fourth-order valence-electron chi connectivity index (χ4n) is 3.24. The smallest absolute Gasteiger partial charge is 0.263 e. The van der Waals surface area contributed by atoms with E-state index in [-0.39, 0.29) is 29.9 Å². The van der Waals surface area contributed by atoms with E-state index in [0.29, 0.717) is 30.5 Å². The molecule has 0 spiro atoms. The summed E-state index contributed by atoms with van der Waals surface area (Å²) in [5.41, 5.74) is 5.01. The van der Waals surface area contributed by atoms with E-state index in [1.165, 1.54) is 22.5 Å². The average molecular weight is 558 g/mol. The lowest BCUT2D eigenvalue weighted by atomic mass is 10.1. The summed E-state index contributed by atoms with van der Waals surface area (Å²) in [7, 11) is 1.74. The molecule has 0 unspecified atom stereocenters. The van der Waals surface area contributed by atoms with Crippen molar-refractivity contribution in [1.82, 2.24) is 25.8 Å². The molecule has 0 bridgehead atoms. The van der Waals surface area contributed by atoms with Crippen molar-refractivity contribution in [2.45, 2.75) is 20.0 Å². The van der Waals surface area contributed by atoms with Gasteiger partial charge in [0.25, 0.3) is 5.91 Å². The molecule has 1 amide bonds. The first-order chi connectivity index (χ1) is 14.7. The fraction of sp³-hybridized carbons (Fsp3) is 0.476. The molecular weight excluding hydrogens is 527 g/mol. The van der Waals surface area contributed by atoms with Crippen molar-refractivity contribution in [2.75, 3.05) is 46.4 Å². The van der Waals surface area contributed by atoms with Crippen LogP contribution in [-0.4, -0.2) is 68.2 Å². The molecular formula is C21H31IN6O2S.